The van der Waals surface area contributed by atoms with Crippen molar-refractivity contribution >= 4 is 23.2 Å². The van der Waals surface area contributed by atoms with Gasteiger partial charge in [0.2, 0.25) is 0 Å². The van der Waals surface area contributed by atoms with E-state index in [1.165, 1.54) is 12.1 Å². The first kappa shape index (κ1) is 18.1. The summed E-state index contributed by atoms with van der Waals surface area (Å²) in [5, 5.41) is 2.98. The Bertz CT molecular complexity index is 732. The van der Waals surface area contributed by atoms with Crippen LogP contribution in [0, 0.1) is 0 Å². The molecule has 2 aromatic carbocycles. The van der Waals surface area contributed by atoms with Crippen molar-refractivity contribution in [2.24, 2.45) is 0 Å². The summed E-state index contributed by atoms with van der Waals surface area (Å²) in [6, 6.07) is 9.43. The third kappa shape index (κ3) is 4.89. The number of halogens is 4. The van der Waals surface area contributed by atoms with E-state index in [2.05, 4.69) is 5.32 Å². The minimum Gasteiger partial charge on any atom is -0.484 e. The largest absolute Gasteiger partial charge is 0.484 e. The smallest absolute Gasteiger partial charge is 0.416 e. The SMILES string of the molecule is CCc1cc(OCC(=O)Nc2cccc(C(F)(F)F)c2)ccc1Cl. The molecule has 1 amide bonds. The van der Waals surface area contributed by atoms with Crippen LogP contribution < -0.4 is 10.1 Å². The van der Waals surface area contributed by atoms with Gasteiger partial charge in [-0.15, -0.1) is 0 Å². The molecule has 0 bridgehead atoms. The molecule has 1 N–H and O–H groups in total. The van der Waals surface area contributed by atoms with E-state index in [-0.39, 0.29) is 12.3 Å². The van der Waals surface area contributed by atoms with Gasteiger partial charge in [0, 0.05) is 10.7 Å². The molecule has 0 radical (unpaired) electrons. The van der Waals surface area contributed by atoms with E-state index in [9.17, 15) is 18.0 Å². The van der Waals surface area contributed by atoms with Gasteiger partial charge in [0.15, 0.2) is 6.61 Å². The second kappa shape index (κ2) is 7.57. The van der Waals surface area contributed by atoms with Gasteiger partial charge in [0.25, 0.3) is 5.91 Å². The normalized spacial score (nSPS) is 11.2. The number of benzene rings is 2. The second-order valence-corrected chi connectivity index (χ2v) is 5.43. The summed E-state index contributed by atoms with van der Waals surface area (Å²) in [7, 11) is 0. The summed E-state index contributed by atoms with van der Waals surface area (Å²) in [5.74, 6) is -0.0854. The predicted molar refractivity (Wildman–Crippen MR) is 86.4 cm³/mol. The van der Waals surface area contributed by atoms with Crippen LogP contribution in [0.5, 0.6) is 5.75 Å². The Morgan fingerprint density at radius 2 is 1.96 bits per heavy atom. The Balaban J connectivity index is 1.97. The number of nitrogens with one attached hydrogen (secondary N) is 1. The summed E-state index contributed by atoms with van der Waals surface area (Å²) >= 11 is 5.99. The maximum absolute atomic E-state index is 12.6. The maximum Gasteiger partial charge on any atom is 0.416 e. The third-order valence-corrected chi connectivity index (χ3v) is 3.61. The van der Waals surface area contributed by atoms with Crippen molar-refractivity contribution in [1.29, 1.82) is 0 Å². The number of carbonyl (C=O) groups is 1. The topological polar surface area (TPSA) is 38.3 Å². The zero-order chi connectivity index (χ0) is 17.7. The van der Waals surface area contributed by atoms with Crippen molar-refractivity contribution in [3.63, 3.8) is 0 Å². The van der Waals surface area contributed by atoms with Crippen molar-refractivity contribution in [3.8, 4) is 5.75 Å². The highest BCUT2D eigenvalue weighted by atomic mass is 35.5. The molecule has 0 aliphatic heterocycles. The van der Waals surface area contributed by atoms with Gasteiger partial charge in [0.1, 0.15) is 5.75 Å². The average molecular weight is 358 g/mol. The van der Waals surface area contributed by atoms with E-state index in [0.717, 1.165) is 17.7 Å². The first-order valence-corrected chi connectivity index (χ1v) is 7.55. The molecular weight excluding hydrogens is 343 g/mol. The fourth-order valence-corrected chi connectivity index (χ4v) is 2.28. The highest BCUT2D eigenvalue weighted by Gasteiger charge is 2.30. The first-order valence-electron chi connectivity index (χ1n) is 7.18. The summed E-state index contributed by atoms with van der Waals surface area (Å²) in [6.07, 6.45) is -3.75. The van der Waals surface area contributed by atoms with Gasteiger partial charge in [-0.1, -0.05) is 24.6 Å². The third-order valence-electron chi connectivity index (χ3n) is 3.24. The van der Waals surface area contributed by atoms with Crippen LogP contribution >= 0.6 is 11.6 Å². The molecule has 0 aromatic heterocycles. The fraction of sp³-hybridized carbons (Fsp3) is 0.235. The Labute approximate surface area is 142 Å². The minimum atomic E-state index is -4.46. The molecule has 0 spiro atoms. The number of hydrogen-bond acceptors (Lipinski definition) is 2. The number of aryl methyl sites for hydroxylation is 1. The van der Waals surface area contributed by atoms with Gasteiger partial charge in [0.05, 0.1) is 5.56 Å². The molecule has 2 aromatic rings. The quantitative estimate of drug-likeness (QED) is 0.823. The molecule has 24 heavy (non-hydrogen) atoms. The zero-order valence-electron chi connectivity index (χ0n) is 12.8. The average Bonchev–Trinajstić information content (AvgIpc) is 2.53. The molecule has 0 aliphatic carbocycles. The number of hydrogen-bond donors (Lipinski definition) is 1. The van der Waals surface area contributed by atoms with Crippen LogP contribution in [-0.2, 0) is 17.4 Å². The van der Waals surface area contributed by atoms with Crippen molar-refractivity contribution in [1.82, 2.24) is 0 Å². The lowest BCUT2D eigenvalue weighted by molar-refractivity contribution is -0.137. The number of ether oxygens (including phenoxy) is 1. The molecular formula is C17H15ClF3NO2. The predicted octanol–water partition coefficient (Wildman–Crippen LogP) is 4.94. The molecule has 3 nitrogen and oxygen atoms in total. The molecule has 0 aliphatic rings. The van der Waals surface area contributed by atoms with Crippen LogP contribution in [0.2, 0.25) is 5.02 Å². The van der Waals surface area contributed by atoms with Crippen molar-refractivity contribution in [2.75, 3.05) is 11.9 Å². The lowest BCUT2D eigenvalue weighted by atomic mass is 10.1. The highest BCUT2D eigenvalue weighted by molar-refractivity contribution is 6.31. The summed E-state index contributed by atoms with van der Waals surface area (Å²) in [4.78, 5) is 11.8. The molecule has 128 valence electrons. The highest BCUT2D eigenvalue weighted by Crippen LogP contribution is 2.30. The maximum atomic E-state index is 12.6. The van der Waals surface area contributed by atoms with Crippen LogP contribution in [0.4, 0.5) is 18.9 Å². The zero-order valence-corrected chi connectivity index (χ0v) is 13.5. The van der Waals surface area contributed by atoms with Crippen LogP contribution in [0.15, 0.2) is 42.5 Å². The molecule has 0 fully saturated rings. The van der Waals surface area contributed by atoms with Crippen molar-refractivity contribution < 1.29 is 22.7 Å². The van der Waals surface area contributed by atoms with Crippen molar-refractivity contribution in [3.05, 3.63) is 58.6 Å². The molecule has 0 saturated carbocycles. The van der Waals surface area contributed by atoms with Gasteiger partial charge in [-0.3, -0.25) is 4.79 Å². The van der Waals surface area contributed by atoms with Crippen LogP contribution in [0.25, 0.3) is 0 Å². The van der Waals surface area contributed by atoms with E-state index in [4.69, 9.17) is 16.3 Å². The van der Waals surface area contributed by atoms with E-state index in [1.54, 1.807) is 18.2 Å². The summed E-state index contributed by atoms with van der Waals surface area (Å²) < 4.78 is 43.2. The minimum absolute atomic E-state index is 0.0591. The molecule has 2 rings (SSSR count). The number of rotatable bonds is 5. The lowest BCUT2D eigenvalue weighted by Crippen LogP contribution is -2.20. The summed E-state index contributed by atoms with van der Waals surface area (Å²) in [6.45, 7) is 1.62. The Hall–Kier alpha value is -2.21. The van der Waals surface area contributed by atoms with Crippen LogP contribution in [-0.4, -0.2) is 12.5 Å². The van der Waals surface area contributed by atoms with Gasteiger partial charge < -0.3 is 10.1 Å². The number of amides is 1. The van der Waals surface area contributed by atoms with Gasteiger partial charge >= 0.3 is 6.18 Å². The number of anilines is 1. The summed E-state index contributed by atoms with van der Waals surface area (Å²) in [5.41, 5.74) is 0.114. The van der Waals surface area contributed by atoms with E-state index in [0.29, 0.717) is 17.2 Å². The fourth-order valence-electron chi connectivity index (χ4n) is 2.03. The molecule has 7 heteroatoms. The molecule has 0 heterocycles. The van der Waals surface area contributed by atoms with E-state index in [1.807, 2.05) is 6.92 Å². The van der Waals surface area contributed by atoms with Crippen LogP contribution in [0.1, 0.15) is 18.1 Å². The molecule has 0 unspecified atom stereocenters. The van der Waals surface area contributed by atoms with Gasteiger partial charge in [-0.05, 0) is 48.4 Å². The molecule has 0 saturated heterocycles. The first-order chi connectivity index (χ1) is 11.3. The van der Waals surface area contributed by atoms with E-state index >= 15 is 0 Å². The Kier molecular flexibility index (Phi) is 5.72. The van der Waals surface area contributed by atoms with Crippen molar-refractivity contribution in [2.45, 2.75) is 19.5 Å². The number of alkyl halides is 3. The number of carbonyl (C=O) groups excluding carboxylic acids is 1. The lowest BCUT2D eigenvalue weighted by Gasteiger charge is -2.11. The van der Waals surface area contributed by atoms with Crippen LogP contribution in [0.3, 0.4) is 0 Å². The van der Waals surface area contributed by atoms with Gasteiger partial charge in [-0.25, -0.2) is 0 Å². The monoisotopic (exact) mass is 357 g/mol. The Morgan fingerprint density at radius 1 is 1.21 bits per heavy atom. The van der Waals surface area contributed by atoms with Gasteiger partial charge in [-0.2, -0.15) is 13.2 Å². The van der Waals surface area contributed by atoms with E-state index < -0.39 is 17.6 Å². The molecule has 0 atom stereocenters. The second-order valence-electron chi connectivity index (χ2n) is 5.02. The standard InChI is InChI=1S/C17H15ClF3NO2/c1-2-11-8-14(6-7-15(11)18)24-10-16(23)22-13-5-3-4-12(9-13)17(19,20)21/h3-9H,2,10H2,1H3,(H,22,23). The Morgan fingerprint density at radius 3 is 2.62 bits per heavy atom.